The summed E-state index contributed by atoms with van der Waals surface area (Å²) in [5.41, 5.74) is 0. The van der Waals surface area contributed by atoms with Gasteiger partial charge in [0, 0.05) is 4.43 Å². The summed E-state index contributed by atoms with van der Waals surface area (Å²) < 4.78 is 1.18. The van der Waals surface area contributed by atoms with Crippen LogP contribution in [0.1, 0.15) is 25.7 Å². The van der Waals surface area contributed by atoms with Crippen LogP contribution >= 0.6 is 34.4 Å². The molecule has 0 fully saturated rings. The van der Waals surface area contributed by atoms with E-state index in [0.29, 0.717) is 6.04 Å². The Kier molecular flexibility index (Phi) is 4.83. The summed E-state index contributed by atoms with van der Waals surface area (Å²) in [6, 6.07) is 0.612. The number of hydrogen-bond donors (Lipinski definition) is 0. The van der Waals surface area contributed by atoms with E-state index < -0.39 is 0 Å². The first-order valence-electron chi connectivity index (χ1n) is 4.03. The lowest BCUT2D eigenvalue weighted by Gasteiger charge is -2.05. The highest BCUT2D eigenvalue weighted by atomic mass is 127. The Hall–Kier alpha value is 0.750. The van der Waals surface area contributed by atoms with E-state index in [9.17, 15) is 0 Å². The molecule has 0 radical (unpaired) electrons. The van der Waals surface area contributed by atoms with Crippen LogP contribution in [0.4, 0.5) is 0 Å². The van der Waals surface area contributed by atoms with Gasteiger partial charge in [0.1, 0.15) is 0 Å². The van der Waals surface area contributed by atoms with Gasteiger partial charge in [-0.2, -0.15) is 0 Å². The molecule has 0 bridgehead atoms. The molecule has 3 heteroatoms. The maximum atomic E-state index is 4.68. The van der Waals surface area contributed by atoms with Crippen LogP contribution in [0, 0.1) is 0 Å². The van der Waals surface area contributed by atoms with Gasteiger partial charge in [0.25, 0.3) is 0 Å². The molecule has 1 rings (SSSR count). The molecule has 0 aromatic rings. The fraction of sp³-hybridized carbons (Fsp3) is 0.875. The predicted octanol–water partition coefficient (Wildman–Crippen LogP) is 3.13. The molecule has 64 valence electrons. The second-order valence-electron chi connectivity index (χ2n) is 2.78. The molecule has 0 N–H and O–H groups in total. The second-order valence-corrected chi connectivity index (χ2v) is 4.54. The van der Waals surface area contributed by atoms with E-state index in [1.165, 1.54) is 35.2 Å². The lowest BCUT2D eigenvalue weighted by Crippen LogP contribution is -2.05. The molecule has 0 amide bonds. The molecule has 0 saturated carbocycles. The molecule has 1 unspecified atom stereocenters. The Bertz CT molecular complexity index is 147. The van der Waals surface area contributed by atoms with Gasteiger partial charge in [-0.15, -0.1) is 11.8 Å². The summed E-state index contributed by atoms with van der Waals surface area (Å²) in [5, 5.41) is 1.36. The number of rotatable bonds is 1. The van der Waals surface area contributed by atoms with Crippen LogP contribution in [0.15, 0.2) is 4.99 Å². The highest BCUT2D eigenvalue weighted by molar-refractivity contribution is 14.1. The third-order valence-electron chi connectivity index (χ3n) is 1.92. The summed E-state index contributed by atoms with van der Waals surface area (Å²) >= 11 is 4.26. The summed E-state index contributed by atoms with van der Waals surface area (Å²) in [5.74, 6) is 0. The zero-order valence-electron chi connectivity index (χ0n) is 6.85. The Morgan fingerprint density at radius 1 is 1.64 bits per heavy atom. The van der Waals surface area contributed by atoms with Crippen LogP contribution in [0.3, 0.4) is 0 Å². The van der Waals surface area contributed by atoms with Gasteiger partial charge in [-0.3, -0.25) is 4.99 Å². The quantitative estimate of drug-likeness (QED) is 0.532. The molecular weight excluding hydrogens is 269 g/mol. The molecule has 0 aromatic carbocycles. The number of aliphatic imine (C=N–C) groups is 1. The van der Waals surface area contributed by atoms with Gasteiger partial charge in [-0.1, -0.05) is 29.0 Å². The maximum Gasteiger partial charge on any atom is 0.0676 e. The summed E-state index contributed by atoms with van der Waals surface area (Å²) in [4.78, 5) is 4.68. The van der Waals surface area contributed by atoms with Crippen molar-refractivity contribution in [2.24, 2.45) is 4.99 Å². The second kappa shape index (κ2) is 5.41. The van der Waals surface area contributed by atoms with Crippen molar-refractivity contribution in [3.05, 3.63) is 0 Å². The normalized spacial score (nSPS) is 26.0. The van der Waals surface area contributed by atoms with Gasteiger partial charge in [0.05, 0.1) is 11.1 Å². The molecule has 11 heavy (non-hydrogen) atoms. The molecule has 1 heterocycles. The smallest absolute Gasteiger partial charge is 0.0676 e. The van der Waals surface area contributed by atoms with Crippen LogP contribution in [-0.2, 0) is 0 Å². The van der Waals surface area contributed by atoms with Gasteiger partial charge in [0.2, 0.25) is 0 Å². The van der Waals surface area contributed by atoms with Gasteiger partial charge < -0.3 is 0 Å². The Labute approximate surface area is 86.6 Å². The first kappa shape index (κ1) is 9.84. The van der Waals surface area contributed by atoms with E-state index in [-0.39, 0.29) is 0 Å². The van der Waals surface area contributed by atoms with Crippen LogP contribution in [0.5, 0.6) is 0 Å². The minimum atomic E-state index is 0.612. The minimum absolute atomic E-state index is 0.612. The van der Waals surface area contributed by atoms with E-state index >= 15 is 0 Å². The van der Waals surface area contributed by atoms with Crippen LogP contribution in [0.2, 0.25) is 0 Å². The van der Waals surface area contributed by atoms with Crippen molar-refractivity contribution in [2.75, 3.05) is 10.7 Å². The largest absolute Gasteiger partial charge is 0.279 e. The SMILES string of the molecule is CSC1=NC(CI)CCCC1. The molecular formula is C8H14INS. The van der Waals surface area contributed by atoms with Crippen LogP contribution in [-0.4, -0.2) is 21.8 Å². The number of hydrogen-bond acceptors (Lipinski definition) is 2. The van der Waals surface area contributed by atoms with Crippen molar-refractivity contribution in [3.8, 4) is 0 Å². The summed E-state index contributed by atoms with van der Waals surface area (Å²) in [6.07, 6.45) is 7.35. The van der Waals surface area contributed by atoms with Gasteiger partial charge in [-0.25, -0.2) is 0 Å². The van der Waals surface area contributed by atoms with Crippen LogP contribution < -0.4 is 0 Å². The van der Waals surface area contributed by atoms with Crippen molar-refractivity contribution in [3.63, 3.8) is 0 Å². The van der Waals surface area contributed by atoms with Crippen LogP contribution in [0.25, 0.3) is 0 Å². The molecule has 1 atom stereocenters. The lowest BCUT2D eigenvalue weighted by atomic mass is 10.1. The molecule has 1 aliphatic heterocycles. The Balaban J connectivity index is 2.52. The van der Waals surface area contributed by atoms with Crippen molar-refractivity contribution >= 4 is 39.4 Å². The van der Waals surface area contributed by atoms with Crippen molar-refractivity contribution < 1.29 is 0 Å². The number of halogens is 1. The van der Waals surface area contributed by atoms with Gasteiger partial charge >= 0.3 is 0 Å². The highest BCUT2D eigenvalue weighted by Crippen LogP contribution is 2.19. The molecule has 0 aliphatic carbocycles. The predicted molar refractivity (Wildman–Crippen MR) is 62.1 cm³/mol. The number of thioether (sulfide) groups is 1. The number of nitrogens with zero attached hydrogens (tertiary/aromatic N) is 1. The van der Waals surface area contributed by atoms with Crippen molar-refractivity contribution in [2.45, 2.75) is 31.7 Å². The first-order valence-corrected chi connectivity index (χ1v) is 6.78. The lowest BCUT2D eigenvalue weighted by molar-refractivity contribution is 0.641. The summed E-state index contributed by atoms with van der Waals surface area (Å²) in [6.45, 7) is 0. The van der Waals surface area contributed by atoms with Crippen molar-refractivity contribution in [1.29, 1.82) is 0 Å². The Morgan fingerprint density at radius 2 is 2.45 bits per heavy atom. The fourth-order valence-electron chi connectivity index (χ4n) is 1.26. The van der Waals surface area contributed by atoms with Gasteiger partial charge in [0.15, 0.2) is 0 Å². The third-order valence-corrected chi connectivity index (χ3v) is 3.72. The zero-order valence-corrected chi connectivity index (χ0v) is 9.82. The molecule has 1 aliphatic rings. The average Bonchev–Trinajstić information content (AvgIpc) is 2.28. The first-order chi connectivity index (χ1) is 5.36. The van der Waals surface area contributed by atoms with Crippen molar-refractivity contribution in [1.82, 2.24) is 0 Å². The van der Waals surface area contributed by atoms with E-state index in [1.807, 2.05) is 11.8 Å². The highest BCUT2D eigenvalue weighted by Gasteiger charge is 2.10. The zero-order chi connectivity index (χ0) is 8.10. The van der Waals surface area contributed by atoms with Gasteiger partial charge in [-0.05, 0) is 25.5 Å². The molecule has 0 spiro atoms. The molecule has 0 saturated heterocycles. The summed E-state index contributed by atoms with van der Waals surface area (Å²) in [7, 11) is 0. The van der Waals surface area contributed by atoms with E-state index in [0.717, 1.165) is 0 Å². The maximum absolute atomic E-state index is 4.68. The van der Waals surface area contributed by atoms with E-state index in [4.69, 9.17) is 0 Å². The molecule has 1 nitrogen and oxygen atoms in total. The Morgan fingerprint density at radius 3 is 3.09 bits per heavy atom. The molecule has 0 aromatic heterocycles. The third kappa shape index (κ3) is 3.32. The standard InChI is InChI=1S/C8H14INS/c1-11-8-5-3-2-4-7(6-9)10-8/h7H,2-6H2,1H3. The monoisotopic (exact) mass is 283 g/mol. The number of alkyl halides is 1. The minimum Gasteiger partial charge on any atom is -0.279 e. The topological polar surface area (TPSA) is 12.4 Å². The average molecular weight is 283 g/mol. The van der Waals surface area contributed by atoms with E-state index in [1.54, 1.807) is 0 Å². The van der Waals surface area contributed by atoms with E-state index in [2.05, 4.69) is 33.8 Å². The fourth-order valence-corrected chi connectivity index (χ4v) is 2.50.